The number of aromatic nitrogens is 16. The van der Waals surface area contributed by atoms with E-state index in [2.05, 4.69) is 106 Å². The number of anilines is 6. The lowest BCUT2D eigenvalue weighted by atomic mass is 9.83. The van der Waals surface area contributed by atoms with E-state index in [4.69, 9.17) is 5.73 Å². The lowest BCUT2D eigenvalue weighted by Crippen LogP contribution is -2.35. The maximum absolute atomic E-state index is 12.9. The molecule has 8 heterocycles. The predicted molar refractivity (Wildman–Crippen MR) is 389 cm³/mol. The highest BCUT2D eigenvalue weighted by Gasteiger charge is 2.31. The number of nitro groups is 2. The summed E-state index contributed by atoms with van der Waals surface area (Å²) in [7, 11) is 0. The Bertz CT molecular complexity index is 5080. The van der Waals surface area contributed by atoms with E-state index in [1.54, 1.807) is 163 Å². The maximum Gasteiger partial charge on any atom is 0.269 e. The molecule has 0 radical (unpaired) electrons. The van der Waals surface area contributed by atoms with Crippen LogP contribution in [0.3, 0.4) is 0 Å². The zero-order valence-electron chi connectivity index (χ0n) is 57.7. The summed E-state index contributed by atoms with van der Waals surface area (Å²) in [6.45, 7) is 11.7. The molecular formula is C72H66N24O10. The van der Waals surface area contributed by atoms with E-state index in [-0.39, 0.29) is 83.0 Å². The number of nitrogen functional groups attached to an aromatic ring is 1. The normalized spacial score (nSPS) is 10.9. The van der Waals surface area contributed by atoms with Crippen LogP contribution >= 0.6 is 0 Å². The van der Waals surface area contributed by atoms with Crippen molar-refractivity contribution in [3.8, 4) is 46.1 Å². The Morgan fingerprint density at radius 3 is 1.11 bits per heavy atom. The number of nitro benzene ring substituents is 2. The van der Waals surface area contributed by atoms with Gasteiger partial charge in [-0.05, 0) is 149 Å². The lowest BCUT2D eigenvalue weighted by Gasteiger charge is -2.23. The summed E-state index contributed by atoms with van der Waals surface area (Å²) < 4.78 is 0. The Kier molecular flexibility index (Phi) is 25.4. The van der Waals surface area contributed by atoms with E-state index in [0.717, 1.165) is 11.1 Å². The maximum atomic E-state index is 12.9. The third-order valence-corrected chi connectivity index (χ3v) is 14.5. The molecule has 0 aliphatic rings. The fourth-order valence-electron chi connectivity index (χ4n) is 9.34. The van der Waals surface area contributed by atoms with Crippen molar-refractivity contribution in [2.45, 2.75) is 72.8 Å². The van der Waals surface area contributed by atoms with E-state index in [0.29, 0.717) is 80.5 Å². The first kappa shape index (κ1) is 75.6. The summed E-state index contributed by atoms with van der Waals surface area (Å²) in [5.74, 6) is 2.02. The summed E-state index contributed by atoms with van der Waals surface area (Å²) >= 11 is 0. The van der Waals surface area contributed by atoms with Gasteiger partial charge in [0, 0.05) is 67.4 Å². The molecule has 8 N–H and O–H groups in total. The molecule has 12 aromatic rings. The Morgan fingerprint density at radius 2 is 0.774 bits per heavy atom. The molecule has 106 heavy (non-hydrogen) atoms. The minimum Gasteiger partial charge on any atom is -0.399 e. The van der Waals surface area contributed by atoms with Crippen LogP contribution in [0.2, 0.25) is 0 Å². The number of nitrogens with one attached hydrogen (secondary N) is 5. The van der Waals surface area contributed by atoms with Gasteiger partial charge in [-0.1, -0.05) is 60.7 Å². The largest absolute Gasteiger partial charge is 0.399 e. The average Bonchev–Trinajstić information content (AvgIpc) is 0.795. The van der Waals surface area contributed by atoms with Gasteiger partial charge in [-0.25, -0.2) is 19.9 Å². The fourth-order valence-corrected chi connectivity index (χ4v) is 9.34. The van der Waals surface area contributed by atoms with Crippen molar-refractivity contribution in [2.75, 3.05) is 32.3 Å². The van der Waals surface area contributed by atoms with Gasteiger partial charge in [0.25, 0.3) is 17.3 Å². The summed E-state index contributed by atoms with van der Waals surface area (Å²) in [4.78, 5) is 148. The summed E-state index contributed by atoms with van der Waals surface area (Å²) in [5.41, 5.74) is 10.6. The molecule has 0 aliphatic heterocycles. The van der Waals surface area contributed by atoms with Gasteiger partial charge in [0.1, 0.15) is 46.1 Å². The zero-order valence-corrected chi connectivity index (χ0v) is 57.7. The topological polar surface area (TPSA) is 484 Å². The van der Waals surface area contributed by atoms with Crippen molar-refractivity contribution >= 4 is 76.1 Å². The molecule has 8 aromatic heterocycles. The Hall–Kier alpha value is -14.6. The van der Waals surface area contributed by atoms with E-state index < -0.39 is 27.3 Å². The van der Waals surface area contributed by atoms with Crippen molar-refractivity contribution in [1.82, 2.24) is 79.7 Å². The minimum absolute atomic E-state index is 0.0332. The number of hydrogen-bond donors (Lipinski definition) is 7. The monoisotopic (exact) mass is 1430 g/mol. The number of rotatable bonds is 19. The van der Waals surface area contributed by atoms with Gasteiger partial charge in [-0.15, -0.1) is 0 Å². The second-order valence-electron chi connectivity index (χ2n) is 23.2. The minimum atomic E-state index is -1.54. The van der Waals surface area contributed by atoms with Crippen LogP contribution in [-0.2, 0) is 42.2 Å². The van der Waals surface area contributed by atoms with Crippen LogP contribution in [0, 0.1) is 47.9 Å². The van der Waals surface area contributed by atoms with Crippen LogP contribution in [0.5, 0.6) is 0 Å². The fraction of sp³-hybridized carbons (Fsp3) is 0.153. The van der Waals surface area contributed by atoms with Gasteiger partial charge in [0.05, 0.1) is 28.1 Å². The van der Waals surface area contributed by atoms with Crippen molar-refractivity contribution in [3.63, 3.8) is 0 Å². The molecule has 0 saturated heterocycles. The first-order valence-electron chi connectivity index (χ1n) is 32.0. The Labute approximate surface area is 603 Å². The van der Waals surface area contributed by atoms with Crippen LogP contribution in [0.1, 0.15) is 72.4 Å². The molecule has 1 atom stereocenters. The number of benzene rings is 4. The van der Waals surface area contributed by atoms with Crippen LogP contribution in [0.4, 0.5) is 46.5 Å². The van der Waals surface area contributed by atoms with Crippen molar-refractivity contribution < 1.29 is 38.9 Å². The number of carbonyl (C=O) groups is 5. The Morgan fingerprint density at radius 1 is 0.434 bits per heavy atom. The van der Waals surface area contributed by atoms with Crippen LogP contribution in [0.25, 0.3) is 46.1 Å². The molecule has 0 saturated carbocycles. The van der Waals surface area contributed by atoms with Gasteiger partial charge in [-0.3, -0.25) is 85.4 Å². The molecule has 0 fully saturated rings. The number of nitrogens with zero attached hydrogens (tertiary/aromatic N) is 18. The molecule has 1 unspecified atom stereocenters. The summed E-state index contributed by atoms with van der Waals surface area (Å²) in [5, 5.41) is 44.8. The Balaban J connectivity index is 0.000000164. The second kappa shape index (κ2) is 35.7. The quantitative estimate of drug-likeness (QED) is 0.0225. The standard InChI is InChI=1S/C19H18N6O3.C19H18N6O2.C17H14N6O4.C17H16N6O/c1-12-21-16(15-6-4-5-11-20-15)23-18(22-12)24-17(26)19(2,3)13-7-9-14(10-8-13)25(27)28;1-12-21-18(16-5-3-4-10-20-16)25-19(22-12)24-17(27)11-14-6-8-15(9-7-14)23-13(2)26;1-10-19-15(13-4-2-3-9-18-13)21-17(20-10)22-16(25)14(24)11-5-7-12(8-6-11)23(26)27;1-11-20-16(14-4-2-3-9-19-14)23-17(21-11)22-15(24)10-12-5-7-13(18)8-6-12/h4-11H,1-3H3,(H,21,22,23,24,26);3-10H,11H2,1-2H3,(H,23,26)(H,21,22,24,25,27);2-9,14,24H,1H3,(H,19,20,21,22,25);2-9H,10,18H2,1H3,(H,20,21,22,23,24). The summed E-state index contributed by atoms with van der Waals surface area (Å²) in [6, 6.07) is 46.6. The van der Waals surface area contributed by atoms with Crippen molar-refractivity contribution in [3.05, 3.63) is 260 Å². The molecule has 0 bridgehead atoms. The predicted octanol–water partition coefficient (Wildman–Crippen LogP) is 9.28. The van der Waals surface area contributed by atoms with E-state index >= 15 is 0 Å². The number of non-ortho nitro benzene ring substituents is 2. The van der Waals surface area contributed by atoms with Gasteiger partial charge >= 0.3 is 0 Å². The van der Waals surface area contributed by atoms with Crippen molar-refractivity contribution in [2.24, 2.45) is 0 Å². The number of aliphatic hydroxyl groups excluding tert-OH is 1. The highest BCUT2D eigenvalue weighted by Crippen LogP contribution is 2.28. The molecular weight excluding hydrogens is 1360 g/mol. The van der Waals surface area contributed by atoms with E-state index in [9.17, 15) is 49.3 Å². The van der Waals surface area contributed by atoms with E-state index in [1.165, 1.54) is 43.3 Å². The number of pyridine rings is 4. The number of hydrogen-bond acceptors (Lipinski definition) is 27. The van der Waals surface area contributed by atoms with Crippen LogP contribution in [0.15, 0.2) is 195 Å². The number of carbonyl (C=O) groups excluding carboxylic acids is 5. The molecule has 4 aromatic carbocycles. The van der Waals surface area contributed by atoms with Gasteiger partial charge in [0.15, 0.2) is 29.4 Å². The molecule has 0 spiro atoms. The number of amides is 5. The SMILES string of the molecule is CC(=O)Nc1ccc(CC(=O)Nc2nc(C)nc(-c3ccccn3)n2)cc1.Cc1nc(NC(=O)C(C)(C)c2ccc([N+](=O)[O-])cc2)nc(-c2ccccn2)n1.Cc1nc(NC(=O)C(O)c2ccc([N+](=O)[O-])cc2)nc(-c2ccccn2)n1.Cc1nc(NC(=O)Cc2ccc(N)cc2)nc(-c2ccccn2)n1. The van der Waals surface area contributed by atoms with E-state index in [1.807, 2.05) is 36.4 Å². The average molecular weight is 1430 g/mol. The van der Waals surface area contributed by atoms with Crippen LogP contribution in [-0.4, -0.2) is 124 Å². The number of aliphatic hydroxyl groups is 1. The first-order chi connectivity index (χ1) is 50.8. The van der Waals surface area contributed by atoms with Gasteiger partial charge in [-0.2, -0.15) is 39.9 Å². The zero-order chi connectivity index (χ0) is 75.9. The van der Waals surface area contributed by atoms with Gasteiger partial charge < -0.3 is 16.2 Å². The number of nitrogens with two attached hydrogens (primary N) is 1. The summed E-state index contributed by atoms with van der Waals surface area (Å²) in [6.07, 6.45) is 5.36. The smallest absolute Gasteiger partial charge is 0.269 e. The third kappa shape index (κ3) is 22.2. The first-order valence-corrected chi connectivity index (χ1v) is 32.0. The lowest BCUT2D eigenvalue weighted by molar-refractivity contribution is -0.385. The highest BCUT2D eigenvalue weighted by atomic mass is 16.6. The highest BCUT2D eigenvalue weighted by molar-refractivity contribution is 5.98. The van der Waals surface area contributed by atoms with Crippen LogP contribution < -0.4 is 32.3 Å². The third-order valence-electron chi connectivity index (χ3n) is 14.5. The molecule has 534 valence electrons. The van der Waals surface area contributed by atoms with Gasteiger partial charge in [0.2, 0.25) is 47.4 Å². The van der Waals surface area contributed by atoms with Crippen molar-refractivity contribution in [1.29, 1.82) is 0 Å². The molecule has 5 amide bonds. The second-order valence-corrected chi connectivity index (χ2v) is 23.2. The number of aryl methyl sites for hydroxylation is 4. The molecule has 12 rings (SSSR count). The molecule has 34 nitrogen and oxygen atoms in total. The molecule has 34 heteroatoms. The molecule has 0 aliphatic carbocycles.